The van der Waals surface area contributed by atoms with Gasteiger partial charge in [0.15, 0.2) is 0 Å². The molecule has 0 bridgehead atoms. The van der Waals surface area contributed by atoms with Crippen LogP contribution in [0.4, 0.5) is 15.9 Å². The van der Waals surface area contributed by atoms with E-state index in [2.05, 4.69) is 15.3 Å². The van der Waals surface area contributed by atoms with Crippen molar-refractivity contribution in [3.8, 4) is 0 Å². The molecule has 1 unspecified atom stereocenters. The fourth-order valence-electron chi connectivity index (χ4n) is 3.83. The number of pyridine rings is 2. The molecule has 4 rings (SSSR count). The van der Waals surface area contributed by atoms with Gasteiger partial charge < -0.3 is 5.32 Å². The van der Waals surface area contributed by atoms with Crippen LogP contribution in [0.1, 0.15) is 36.6 Å². The molecule has 1 N–H and O–H groups in total. The van der Waals surface area contributed by atoms with Gasteiger partial charge in [0.25, 0.3) is 10.2 Å². The standard InChI is InChI=1S/C19H24FN5O2S/c1-14-10-17(23-19-5-4-16(20)12-21-19)11-18(22-14)15-6-9-25(13-15)28(26,27)24-7-2-3-8-24/h4-5,10-12,15H,2-3,6-9,13H2,1H3,(H,21,22,23). The maximum atomic E-state index is 13.0. The average molecular weight is 405 g/mol. The molecule has 1 atom stereocenters. The minimum absolute atomic E-state index is 0.0546. The van der Waals surface area contributed by atoms with Crippen molar-refractivity contribution in [2.45, 2.75) is 32.1 Å². The lowest BCUT2D eigenvalue weighted by atomic mass is 10.0. The number of aromatic nitrogens is 2. The normalized spacial score (nSPS) is 21.3. The SMILES string of the molecule is Cc1cc(Nc2ccc(F)cn2)cc(C2CCN(S(=O)(=O)N3CCCC3)C2)n1. The number of aryl methyl sites for hydroxylation is 1. The summed E-state index contributed by atoms with van der Waals surface area (Å²) in [5.74, 6) is 0.212. The van der Waals surface area contributed by atoms with Gasteiger partial charge in [-0.2, -0.15) is 17.0 Å². The molecule has 0 radical (unpaired) electrons. The number of hydrogen-bond acceptors (Lipinski definition) is 5. The van der Waals surface area contributed by atoms with Crippen molar-refractivity contribution in [2.24, 2.45) is 0 Å². The Morgan fingerprint density at radius 1 is 1.14 bits per heavy atom. The molecule has 0 amide bonds. The van der Waals surface area contributed by atoms with E-state index in [1.807, 2.05) is 19.1 Å². The predicted molar refractivity (Wildman–Crippen MR) is 105 cm³/mol. The summed E-state index contributed by atoms with van der Waals surface area (Å²) in [5.41, 5.74) is 2.51. The highest BCUT2D eigenvalue weighted by molar-refractivity contribution is 7.86. The zero-order chi connectivity index (χ0) is 19.7. The lowest BCUT2D eigenvalue weighted by Gasteiger charge is -2.23. The van der Waals surface area contributed by atoms with Gasteiger partial charge in [0, 0.05) is 49.2 Å². The molecule has 0 saturated carbocycles. The maximum Gasteiger partial charge on any atom is 0.281 e. The van der Waals surface area contributed by atoms with Crippen LogP contribution in [0.15, 0.2) is 30.5 Å². The van der Waals surface area contributed by atoms with Gasteiger partial charge in [-0.1, -0.05) is 0 Å². The van der Waals surface area contributed by atoms with Gasteiger partial charge in [-0.3, -0.25) is 4.98 Å². The van der Waals surface area contributed by atoms with Crippen LogP contribution in [0.2, 0.25) is 0 Å². The number of anilines is 2. The summed E-state index contributed by atoms with van der Waals surface area (Å²) in [4.78, 5) is 8.65. The van der Waals surface area contributed by atoms with Crippen LogP contribution < -0.4 is 5.32 Å². The zero-order valence-electron chi connectivity index (χ0n) is 15.8. The van der Waals surface area contributed by atoms with Crippen molar-refractivity contribution >= 4 is 21.7 Å². The average Bonchev–Trinajstić information content (AvgIpc) is 3.36. The monoisotopic (exact) mass is 405 g/mol. The molecule has 0 aromatic carbocycles. The Labute approximate surface area is 164 Å². The Morgan fingerprint density at radius 3 is 2.64 bits per heavy atom. The van der Waals surface area contributed by atoms with Gasteiger partial charge in [0.1, 0.15) is 11.6 Å². The minimum Gasteiger partial charge on any atom is -0.340 e. The topological polar surface area (TPSA) is 78.4 Å². The summed E-state index contributed by atoms with van der Waals surface area (Å²) in [6, 6.07) is 6.74. The smallest absolute Gasteiger partial charge is 0.281 e. The first kappa shape index (κ1) is 19.2. The summed E-state index contributed by atoms with van der Waals surface area (Å²) in [6.07, 6.45) is 3.78. The summed E-state index contributed by atoms with van der Waals surface area (Å²) in [6.45, 7) is 4.10. The Balaban J connectivity index is 1.50. The van der Waals surface area contributed by atoms with Gasteiger partial charge in [0.2, 0.25) is 0 Å². The van der Waals surface area contributed by atoms with E-state index in [0.717, 1.165) is 42.5 Å². The molecule has 28 heavy (non-hydrogen) atoms. The first-order valence-corrected chi connectivity index (χ1v) is 10.9. The molecule has 2 aliphatic heterocycles. The third kappa shape index (κ3) is 4.01. The van der Waals surface area contributed by atoms with Crippen molar-refractivity contribution < 1.29 is 12.8 Å². The molecule has 4 heterocycles. The minimum atomic E-state index is -3.37. The summed E-state index contributed by atoms with van der Waals surface area (Å²) in [5, 5.41) is 3.16. The fourth-order valence-corrected chi connectivity index (χ4v) is 5.59. The predicted octanol–water partition coefficient (Wildman–Crippen LogP) is 2.80. The van der Waals surface area contributed by atoms with Crippen LogP contribution in [0.5, 0.6) is 0 Å². The molecule has 2 saturated heterocycles. The number of hydrogen-bond donors (Lipinski definition) is 1. The molecule has 2 aliphatic rings. The number of nitrogens with one attached hydrogen (secondary N) is 1. The molecular weight excluding hydrogens is 381 g/mol. The molecule has 0 spiro atoms. The third-order valence-electron chi connectivity index (χ3n) is 5.26. The van der Waals surface area contributed by atoms with E-state index in [-0.39, 0.29) is 11.7 Å². The maximum absolute atomic E-state index is 13.0. The quantitative estimate of drug-likeness (QED) is 0.828. The van der Waals surface area contributed by atoms with Crippen molar-refractivity contribution in [1.82, 2.24) is 18.6 Å². The van der Waals surface area contributed by atoms with Crippen LogP contribution in [-0.4, -0.2) is 53.2 Å². The summed E-state index contributed by atoms with van der Waals surface area (Å²) in [7, 11) is -3.37. The molecule has 2 aromatic rings. The molecule has 0 aliphatic carbocycles. The molecular formula is C19H24FN5O2S. The van der Waals surface area contributed by atoms with E-state index in [9.17, 15) is 12.8 Å². The lowest BCUT2D eigenvalue weighted by Crippen LogP contribution is -2.41. The second kappa shape index (κ2) is 7.73. The van der Waals surface area contributed by atoms with E-state index in [0.29, 0.717) is 32.0 Å². The van der Waals surface area contributed by atoms with Gasteiger partial charge in [-0.25, -0.2) is 9.37 Å². The molecule has 9 heteroatoms. The van der Waals surface area contributed by atoms with Crippen LogP contribution in [0, 0.1) is 12.7 Å². The van der Waals surface area contributed by atoms with Gasteiger partial charge in [-0.15, -0.1) is 0 Å². The van der Waals surface area contributed by atoms with Crippen molar-refractivity contribution in [3.63, 3.8) is 0 Å². The zero-order valence-corrected chi connectivity index (χ0v) is 16.6. The highest BCUT2D eigenvalue weighted by Crippen LogP contribution is 2.31. The van der Waals surface area contributed by atoms with Crippen molar-refractivity contribution in [1.29, 1.82) is 0 Å². The number of nitrogens with zero attached hydrogens (tertiary/aromatic N) is 4. The lowest BCUT2D eigenvalue weighted by molar-refractivity contribution is 0.395. The number of rotatable bonds is 5. The molecule has 150 valence electrons. The molecule has 2 aromatic heterocycles. The first-order chi connectivity index (χ1) is 13.4. The van der Waals surface area contributed by atoms with Crippen LogP contribution >= 0.6 is 0 Å². The fraction of sp³-hybridized carbons (Fsp3) is 0.474. The van der Waals surface area contributed by atoms with Crippen molar-refractivity contribution in [3.05, 3.63) is 47.7 Å². The van der Waals surface area contributed by atoms with Gasteiger partial charge in [0.05, 0.1) is 6.20 Å². The van der Waals surface area contributed by atoms with Crippen LogP contribution in [-0.2, 0) is 10.2 Å². The van der Waals surface area contributed by atoms with E-state index in [1.54, 1.807) is 14.7 Å². The highest BCUT2D eigenvalue weighted by atomic mass is 32.2. The Morgan fingerprint density at radius 2 is 1.93 bits per heavy atom. The van der Waals surface area contributed by atoms with Gasteiger partial charge in [-0.05, 0) is 50.5 Å². The first-order valence-electron chi connectivity index (χ1n) is 9.54. The Hall–Kier alpha value is -2.10. The molecule has 7 nitrogen and oxygen atoms in total. The van der Waals surface area contributed by atoms with E-state index in [4.69, 9.17) is 0 Å². The van der Waals surface area contributed by atoms with Crippen LogP contribution in [0.3, 0.4) is 0 Å². The summed E-state index contributed by atoms with van der Waals surface area (Å²) >= 11 is 0. The molecule has 2 fully saturated rings. The Bertz CT molecular complexity index is 945. The van der Waals surface area contributed by atoms with E-state index < -0.39 is 10.2 Å². The third-order valence-corrected chi connectivity index (χ3v) is 7.26. The largest absolute Gasteiger partial charge is 0.340 e. The van der Waals surface area contributed by atoms with Crippen molar-refractivity contribution in [2.75, 3.05) is 31.5 Å². The van der Waals surface area contributed by atoms with Gasteiger partial charge >= 0.3 is 0 Å². The number of halogens is 1. The summed E-state index contributed by atoms with van der Waals surface area (Å²) < 4.78 is 41.8. The van der Waals surface area contributed by atoms with E-state index in [1.165, 1.54) is 6.07 Å². The highest BCUT2D eigenvalue weighted by Gasteiger charge is 2.37. The second-order valence-electron chi connectivity index (χ2n) is 7.37. The Kier molecular flexibility index (Phi) is 5.31. The van der Waals surface area contributed by atoms with Crippen LogP contribution in [0.25, 0.3) is 0 Å². The second-order valence-corrected chi connectivity index (χ2v) is 9.29. The van der Waals surface area contributed by atoms with E-state index >= 15 is 0 Å².